The molecular weight excluding hydrogens is 399 g/mol. The number of rotatable bonds is 3. The van der Waals surface area contributed by atoms with Gasteiger partial charge in [-0.3, -0.25) is 9.10 Å². The number of ether oxygens (including phenoxy) is 1. The monoisotopic (exact) mass is 406 g/mol. The van der Waals surface area contributed by atoms with E-state index < -0.39 is 15.3 Å². The maximum absolute atomic E-state index is 12.9. The molecule has 2 heterocycles. The fourth-order valence-corrected chi connectivity index (χ4v) is 4.13. The molecule has 0 N–H and O–H groups in total. The number of sulfonamides is 1. The van der Waals surface area contributed by atoms with Crippen molar-refractivity contribution in [2.45, 2.75) is 4.90 Å². The molecule has 1 aromatic carbocycles. The molecule has 126 valence electrons. The van der Waals surface area contributed by atoms with Crippen LogP contribution >= 0.6 is 34.8 Å². The van der Waals surface area contributed by atoms with E-state index >= 15 is 0 Å². The topological polar surface area (TPSA) is 76.6 Å². The van der Waals surface area contributed by atoms with Crippen molar-refractivity contribution in [3.63, 3.8) is 0 Å². The molecule has 0 aliphatic carbocycles. The molecule has 0 spiro atoms. The first-order chi connectivity index (χ1) is 11.3. The predicted molar refractivity (Wildman–Crippen MR) is 90.9 cm³/mol. The van der Waals surface area contributed by atoms with Crippen LogP contribution in [-0.2, 0) is 10.0 Å². The summed E-state index contributed by atoms with van der Waals surface area (Å²) in [5.74, 6) is 0.103. The maximum atomic E-state index is 12.9. The average Bonchev–Trinajstić information content (AvgIpc) is 2.56. The lowest BCUT2D eigenvalue weighted by Gasteiger charge is -2.29. The average molecular weight is 408 g/mol. The molecule has 1 aliphatic heterocycles. The van der Waals surface area contributed by atoms with Crippen LogP contribution in [0, 0.1) is 0 Å². The summed E-state index contributed by atoms with van der Waals surface area (Å²) >= 11 is 17.2. The highest BCUT2D eigenvalue weighted by molar-refractivity contribution is 7.92. The van der Waals surface area contributed by atoms with E-state index in [1.165, 1.54) is 30.5 Å². The molecule has 0 fully saturated rings. The third-order valence-electron chi connectivity index (χ3n) is 3.34. The predicted octanol–water partition coefficient (Wildman–Crippen LogP) is 3.36. The zero-order valence-electron chi connectivity index (χ0n) is 11.9. The molecular formula is C14H9Cl3N2O4S. The summed E-state index contributed by atoms with van der Waals surface area (Å²) in [6.07, 6.45) is 1.23. The molecule has 2 aromatic rings. The Morgan fingerprint density at radius 3 is 2.62 bits per heavy atom. The van der Waals surface area contributed by atoms with Crippen molar-refractivity contribution in [3.8, 4) is 5.88 Å². The number of pyridine rings is 1. The van der Waals surface area contributed by atoms with Crippen LogP contribution in [0.15, 0.2) is 35.4 Å². The van der Waals surface area contributed by atoms with Crippen molar-refractivity contribution in [2.24, 2.45) is 0 Å². The second-order valence-electron chi connectivity index (χ2n) is 4.82. The lowest BCUT2D eigenvalue weighted by Crippen LogP contribution is -2.38. The summed E-state index contributed by atoms with van der Waals surface area (Å²) in [5, 5.41) is -0.383. The van der Waals surface area contributed by atoms with Gasteiger partial charge in [0.1, 0.15) is 12.3 Å². The van der Waals surface area contributed by atoms with E-state index in [0.29, 0.717) is 0 Å². The zero-order valence-corrected chi connectivity index (χ0v) is 15.0. The maximum Gasteiger partial charge on any atom is 0.264 e. The quantitative estimate of drug-likeness (QED) is 0.729. The van der Waals surface area contributed by atoms with Crippen LogP contribution in [0.2, 0.25) is 10.0 Å². The van der Waals surface area contributed by atoms with Crippen molar-refractivity contribution in [2.75, 3.05) is 17.5 Å². The number of hydrogen-bond acceptors (Lipinski definition) is 5. The fraction of sp³-hybridized carbons (Fsp3) is 0.143. The van der Waals surface area contributed by atoms with Crippen LogP contribution in [-0.4, -0.2) is 31.8 Å². The first-order valence-corrected chi connectivity index (χ1v) is 9.18. The Morgan fingerprint density at radius 1 is 1.21 bits per heavy atom. The Balaban J connectivity index is 2.12. The van der Waals surface area contributed by atoms with Gasteiger partial charge in [-0.2, -0.15) is 0 Å². The molecule has 24 heavy (non-hydrogen) atoms. The minimum absolute atomic E-state index is 0.0349. The number of fused-ring (bicyclic) bond motifs is 1. The van der Waals surface area contributed by atoms with Gasteiger partial charge in [-0.1, -0.05) is 23.2 Å². The lowest BCUT2D eigenvalue weighted by atomic mass is 10.2. The van der Waals surface area contributed by atoms with E-state index in [4.69, 9.17) is 39.5 Å². The van der Waals surface area contributed by atoms with E-state index in [2.05, 4.69) is 4.98 Å². The van der Waals surface area contributed by atoms with Crippen molar-refractivity contribution in [1.82, 2.24) is 4.98 Å². The Kier molecular flexibility index (Phi) is 4.61. The van der Waals surface area contributed by atoms with Gasteiger partial charge < -0.3 is 4.74 Å². The first-order valence-electron chi connectivity index (χ1n) is 6.61. The van der Waals surface area contributed by atoms with Gasteiger partial charge in [0, 0.05) is 6.20 Å². The molecule has 1 aromatic heterocycles. The molecule has 3 rings (SSSR count). The van der Waals surface area contributed by atoms with Crippen molar-refractivity contribution >= 4 is 55.8 Å². The number of halogens is 3. The van der Waals surface area contributed by atoms with Crippen molar-refractivity contribution < 1.29 is 17.9 Å². The van der Waals surface area contributed by atoms with Gasteiger partial charge in [0.15, 0.2) is 0 Å². The molecule has 10 heteroatoms. The zero-order chi connectivity index (χ0) is 17.5. The van der Waals surface area contributed by atoms with Gasteiger partial charge in [0.25, 0.3) is 15.3 Å². The molecule has 0 saturated carbocycles. The molecule has 0 amide bonds. The molecule has 6 nitrogen and oxygen atoms in total. The SMILES string of the molecule is O=C(Cl)c1cnc2c(c1)N(S(=O)(=O)c1ccc(Cl)c(Cl)c1)CCO2. The Morgan fingerprint density at radius 2 is 1.96 bits per heavy atom. The minimum Gasteiger partial charge on any atom is -0.474 e. The minimum atomic E-state index is -3.94. The van der Waals surface area contributed by atoms with Crippen LogP contribution in [0.1, 0.15) is 10.4 Å². The summed E-state index contributed by atoms with van der Waals surface area (Å²) in [4.78, 5) is 15.2. The van der Waals surface area contributed by atoms with E-state index in [-0.39, 0.29) is 45.2 Å². The number of aromatic nitrogens is 1. The Bertz CT molecular complexity index is 934. The summed E-state index contributed by atoms with van der Waals surface area (Å²) in [6, 6.07) is 5.34. The molecule has 0 bridgehead atoms. The van der Waals surface area contributed by atoms with Gasteiger partial charge in [-0.25, -0.2) is 13.4 Å². The molecule has 0 unspecified atom stereocenters. The smallest absolute Gasteiger partial charge is 0.264 e. The summed E-state index contributed by atoms with van der Waals surface area (Å²) in [6.45, 7) is 0.173. The normalized spacial score (nSPS) is 14.0. The summed E-state index contributed by atoms with van der Waals surface area (Å²) in [5.41, 5.74) is 0.203. The third-order valence-corrected chi connectivity index (χ3v) is 6.11. The van der Waals surface area contributed by atoms with E-state index in [0.717, 1.165) is 4.31 Å². The van der Waals surface area contributed by atoms with Gasteiger partial charge in [-0.05, 0) is 35.9 Å². The number of carbonyl (C=O) groups excluding carboxylic acids is 1. The first kappa shape index (κ1) is 17.3. The van der Waals surface area contributed by atoms with Crippen LogP contribution in [0.5, 0.6) is 5.88 Å². The van der Waals surface area contributed by atoms with Crippen LogP contribution in [0.25, 0.3) is 0 Å². The number of hydrogen-bond donors (Lipinski definition) is 0. The third kappa shape index (κ3) is 3.04. The lowest BCUT2D eigenvalue weighted by molar-refractivity contribution is 0.108. The van der Waals surface area contributed by atoms with Crippen LogP contribution < -0.4 is 9.04 Å². The molecule has 0 atom stereocenters. The number of nitrogens with zero attached hydrogens (tertiary/aromatic N) is 2. The Labute approximate surface area is 153 Å². The van der Waals surface area contributed by atoms with Gasteiger partial charge in [0.2, 0.25) is 5.88 Å². The number of benzene rings is 1. The second-order valence-corrected chi connectivity index (χ2v) is 7.84. The highest BCUT2D eigenvalue weighted by Gasteiger charge is 2.32. The van der Waals surface area contributed by atoms with Crippen molar-refractivity contribution in [3.05, 3.63) is 46.1 Å². The van der Waals surface area contributed by atoms with E-state index in [1.54, 1.807) is 0 Å². The number of anilines is 1. The Hall–Kier alpha value is -1.54. The van der Waals surface area contributed by atoms with Gasteiger partial charge in [0.05, 0.1) is 27.0 Å². The van der Waals surface area contributed by atoms with Gasteiger partial charge >= 0.3 is 0 Å². The van der Waals surface area contributed by atoms with Crippen LogP contribution in [0.4, 0.5) is 5.69 Å². The number of carbonyl (C=O) groups is 1. The highest BCUT2D eigenvalue weighted by Crippen LogP contribution is 2.35. The summed E-state index contributed by atoms with van der Waals surface area (Å²) < 4.78 is 32.3. The fourth-order valence-electron chi connectivity index (χ4n) is 2.20. The van der Waals surface area contributed by atoms with Crippen LogP contribution in [0.3, 0.4) is 0 Å². The summed E-state index contributed by atoms with van der Waals surface area (Å²) in [7, 11) is -3.94. The van der Waals surface area contributed by atoms with Gasteiger partial charge in [-0.15, -0.1) is 0 Å². The second kappa shape index (κ2) is 6.40. The highest BCUT2D eigenvalue weighted by atomic mass is 35.5. The van der Waals surface area contributed by atoms with Crippen molar-refractivity contribution in [1.29, 1.82) is 0 Å². The molecule has 0 radical (unpaired) electrons. The van der Waals surface area contributed by atoms with E-state index in [9.17, 15) is 13.2 Å². The molecule has 1 aliphatic rings. The largest absolute Gasteiger partial charge is 0.474 e. The van der Waals surface area contributed by atoms with E-state index in [1.807, 2.05) is 0 Å². The molecule has 0 saturated heterocycles. The standard InChI is InChI=1S/C14H9Cl3N2O4S/c15-10-2-1-9(6-11(10)16)24(21,22)19-3-4-23-14-12(19)5-8(7-18-14)13(17)20/h1-2,5-7H,3-4H2.